The zero-order chi connectivity index (χ0) is 9.84. The maximum Gasteiger partial charge on any atom is 0.248 e. The van der Waals surface area contributed by atoms with E-state index in [0.717, 1.165) is 19.4 Å². The van der Waals surface area contributed by atoms with Gasteiger partial charge in [0.15, 0.2) is 5.96 Å². The highest BCUT2D eigenvalue weighted by Gasteiger charge is 2.21. The molecule has 0 radical (unpaired) electrons. The molecule has 1 amide bonds. The summed E-state index contributed by atoms with van der Waals surface area (Å²) in [7, 11) is 0. The third-order valence-corrected chi connectivity index (χ3v) is 2.39. The van der Waals surface area contributed by atoms with Gasteiger partial charge in [0.25, 0.3) is 0 Å². The first-order chi connectivity index (χ1) is 6.15. The molecule has 1 fully saturated rings. The normalized spacial score (nSPS) is 23.7. The predicted octanol–water partition coefficient (Wildman–Crippen LogP) is 0.722. The highest BCUT2D eigenvalue weighted by Crippen LogP contribution is 2.15. The second-order valence-electron chi connectivity index (χ2n) is 3.40. The van der Waals surface area contributed by atoms with Crippen LogP contribution in [0.2, 0.25) is 0 Å². The summed E-state index contributed by atoms with van der Waals surface area (Å²) >= 11 is 0. The maximum absolute atomic E-state index is 11.0. The number of carbonyl (C=O) groups is 1. The minimum Gasteiger partial charge on any atom is -0.369 e. The number of carbonyl (C=O) groups excluding carboxylic acids is 1. The number of amides is 1. The lowest BCUT2D eigenvalue weighted by Crippen LogP contribution is -2.39. The lowest BCUT2D eigenvalue weighted by molar-refractivity contribution is -0.117. The van der Waals surface area contributed by atoms with Crippen molar-refractivity contribution in [3.63, 3.8) is 0 Å². The predicted molar refractivity (Wildman–Crippen MR) is 52.3 cm³/mol. The van der Waals surface area contributed by atoms with Gasteiger partial charge in [0.2, 0.25) is 5.91 Å². The molecule has 0 bridgehead atoms. The van der Waals surface area contributed by atoms with Gasteiger partial charge in [0, 0.05) is 19.0 Å². The number of hydrogen-bond acceptors (Lipinski definition) is 1. The van der Waals surface area contributed by atoms with Crippen molar-refractivity contribution < 1.29 is 4.79 Å². The first-order valence-corrected chi connectivity index (χ1v) is 4.78. The summed E-state index contributed by atoms with van der Waals surface area (Å²) in [5.74, 6) is 0.244. The van der Waals surface area contributed by atoms with Crippen LogP contribution in [0.25, 0.3) is 0 Å². The number of rotatable bonds is 1. The van der Waals surface area contributed by atoms with Gasteiger partial charge in [-0.05, 0) is 19.8 Å². The molecule has 4 nitrogen and oxygen atoms in total. The van der Waals surface area contributed by atoms with Gasteiger partial charge >= 0.3 is 0 Å². The molecule has 0 aromatic heterocycles. The van der Waals surface area contributed by atoms with Crippen LogP contribution in [0.3, 0.4) is 0 Å². The minimum atomic E-state index is -0.142. The van der Waals surface area contributed by atoms with Crippen LogP contribution in [0.5, 0.6) is 0 Å². The zero-order valence-corrected chi connectivity index (χ0v) is 8.29. The SMILES string of the molecule is CCC(=O)N=C(N)N1CCCC1C. The Balaban J connectivity index is 2.60. The van der Waals surface area contributed by atoms with E-state index in [9.17, 15) is 4.79 Å². The van der Waals surface area contributed by atoms with Crippen molar-refractivity contribution in [1.29, 1.82) is 0 Å². The number of likely N-dealkylation sites (tertiary alicyclic amines) is 1. The van der Waals surface area contributed by atoms with Crippen LogP contribution in [0.4, 0.5) is 0 Å². The molecular formula is C9H17N3O. The third-order valence-electron chi connectivity index (χ3n) is 2.39. The number of nitrogens with zero attached hydrogens (tertiary/aromatic N) is 2. The summed E-state index contributed by atoms with van der Waals surface area (Å²) < 4.78 is 0. The maximum atomic E-state index is 11.0. The highest BCUT2D eigenvalue weighted by atomic mass is 16.1. The molecule has 1 atom stereocenters. The van der Waals surface area contributed by atoms with Crippen LogP contribution in [0.15, 0.2) is 4.99 Å². The molecule has 0 aliphatic carbocycles. The molecule has 1 saturated heterocycles. The van der Waals surface area contributed by atoms with E-state index in [-0.39, 0.29) is 5.91 Å². The molecule has 1 aliphatic heterocycles. The average molecular weight is 183 g/mol. The first-order valence-electron chi connectivity index (χ1n) is 4.78. The van der Waals surface area contributed by atoms with Crippen LogP contribution in [0, 0.1) is 0 Å². The number of nitrogens with two attached hydrogens (primary N) is 1. The first kappa shape index (κ1) is 10.0. The summed E-state index contributed by atoms with van der Waals surface area (Å²) in [6, 6.07) is 0.424. The fraction of sp³-hybridized carbons (Fsp3) is 0.778. The van der Waals surface area contributed by atoms with Gasteiger partial charge in [-0.2, -0.15) is 4.99 Å². The van der Waals surface area contributed by atoms with Gasteiger partial charge in [0.05, 0.1) is 0 Å². The lowest BCUT2D eigenvalue weighted by atomic mass is 10.2. The number of aliphatic imine (C=N–C) groups is 1. The lowest BCUT2D eigenvalue weighted by Gasteiger charge is -2.21. The largest absolute Gasteiger partial charge is 0.369 e. The summed E-state index contributed by atoms with van der Waals surface area (Å²) in [6.07, 6.45) is 2.69. The molecule has 0 saturated carbocycles. The van der Waals surface area contributed by atoms with Gasteiger partial charge in [-0.1, -0.05) is 6.92 Å². The van der Waals surface area contributed by atoms with E-state index >= 15 is 0 Å². The molecule has 1 unspecified atom stereocenters. The molecule has 2 N–H and O–H groups in total. The van der Waals surface area contributed by atoms with Crippen molar-refractivity contribution in [1.82, 2.24) is 4.90 Å². The molecular weight excluding hydrogens is 166 g/mol. The Labute approximate surface area is 78.8 Å². The molecule has 0 aromatic carbocycles. The molecule has 1 aliphatic rings. The van der Waals surface area contributed by atoms with Crippen LogP contribution >= 0.6 is 0 Å². The molecule has 0 spiro atoms. The van der Waals surface area contributed by atoms with Gasteiger partial charge in [0.1, 0.15) is 0 Å². The van der Waals surface area contributed by atoms with Crippen molar-refractivity contribution in [2.24, 2.45) is 10.7 Å². The monoisotopic (exact) mass is 183 g/mol. The average Bonchev–Trinajstić information content (AvgIpc) is 2.51. The topological polar surface area (TPSA) is 58.7 Å². The van der Waals surface area contributed by atoms with E-state index < -0.39 is 0 Å². The van der Waals surface area contributed by atoms with E-state index in [4.69, 9.17) is 5.73 Å². The Bertz CT molecular complexity index is 225. The van der Waals surface area contributed by atoms with Crippen LogP contribution < -0.4 is 5.73 Å². The van der Waals surface area contributed by atoms with Crippen LogP contribution in [-0.2, 0) is 4.79 Å². The Hall–Kier alpha value is -1.06. The fourth-order valence-electron chi connectivity index (χ4n) is 1.54. The Kier molecular flexibility index (Phi) is 3.28. The summed E-state index contributed by atoms with van der Waals surface area (Å²) in [4.78, 5) is 16.8. The molecule has 1 rings (SSSR count). The van der Waals surface area contributed by atoms with E-state index in [1.165, 1.54) is 0 Å². The van der Waals surface area contributed by atoms with Crippen molar-refractivity contribution in [2.45, 2.75) is 39.2 Å². The van der Waals surface area contributed by atoms with Gasteiger partial charge in [-0.25, -0.2) is 0 Å². The Morgan fingerprint density at radius 2 is 2.38 bits per heavy atom. The van der Waals surface area contributed by atoms with Crippen molar-refractivity contribution in [3.8, 4) is 0 Å². The van der Waals surface area contributed by atoms with Gasteiger partial charge in [-0.3, -0.25) is 4.79 Å². The van der Waals surface area contributed by atoms with Crippen LogP contribution in [-0.4, -0.2) is 29.4 Å². The quantitative estimate of drug-likeness (QED) is 0.481. The smallest absolute Gasteiger partial charge is 0.248 e. The number of hydrogen-bond donors (Lipinski definition) is 1. The van der Waals surface area contributed by atoms with Gasteiger partial charge in [-0.15, -0.1) is 0 Å². The van der Waals surface area contributed by atoms with E-state index in [1.807, 2.05) is 4.90 Å². The van der Waals surface area contributed by atoms with Crippen molar-refractivity contribution in [3.05, 3.63) is 0 Å². The summed E-state index contributed by atoms with van der Waals surface area (Å²) in [6.45, 7) is 4.81. The third kappa shape index (κ3) is 2.44. The molecule has 74 valence electrons. The molecule has 4 heteroatoms. The minimum absolute atomic E-state index is 0.142. The van der Waals surface area contributed by atoms with Gasteiger partial charge < -0.3 is 10.6 Å². The second-order valence-corrected chi connectivity index (χ2v) is 3.40. The highest BCUT2D eigenvalue weighted by molar-refractivity contribution is 5.92. The molecule has 0 aromatic rings. The second kappa shape index (κ2) is 4.25. The summed E-state index contributed by atoms with van der Waals surface area (Å²) in [5, 5.41) is 0. The molecule has 13 heavy (non-hydrogen) atoms. The van der Waals surface area contributed by atoms with E-state index in [2.05, 4.69) is 11.9 Å². The summed E-state index contributed by atoms with van der Waals surface area (Å²) in [5.41, 5.74) is 5.70. The number of guanidine groups is 1. The van der Waals surface area contributed by atoms with Crippen molar-refractivity contribution >= 4 is 11.9 Å². The Morgan fingerprint density at radius 3 is 2.85 bits per heavy atom. The Morgan fingerprint density at radius 1 is 1.69 bits per heavy atom. The van der Waals surface area contributed by atoms with Crippen molar-refractivity contribution in [2.75, 3.05) is 6.54 Å². The molecule has 1 heterocycles. The fourth-order valence-corrected chi connectivity index (χ4v) is 1.54. The van der Waals surface area contributed by atoms with Crippen LogP contribution in [0.1, 0.15) is 33.1 Å². The van der Waals surface area contributed by atoms with E-state index in [0.29, 0.717) is 18.4 Å². The van der Waals surface area contributed by atoms with E-state index in [1.54, 1.807) is 6.92 Å². The zero-order valence-electron chi connectivity index (χ0n) is 8.29. The standard InChI is InChI=1S/C9H17N3O/c1-3-8(13)11-9(10)12-6-4-5-7(12)2/h7H,3-6H2,1-2H3,(H2,10,11,13).